The first kappa shape index (κ1) is 37.2. The van der Waals surface area contributed by atoms with Crippen molar-refractivity contribution in [1.82, 2.24) is 0 Å². The maximum Gasteiger partial charge on any atom is 0.335 e. The average molecular weight is 643 g/mol. The average Bonchev–Trinajstić information content (AvgIpc) is 3.37. The third kappa shape index (κ3) is 8.13. The van der Waals surface area contributed by atoms with E-state index >= 15 is 0 Å². The lowest BCUT2D eigenvalue weighted by molar-refractivity contribution is -0.150. The van der Waals surface area contributed by atoms with Crippen molar-refractivity contribution in [2.45, 2.75) is 112 Å². The molecule has 0 heterocycles. The summed E-state index contributed by atoms with van der Waals surface area (Å²) in [5.41, 5.74) is 1.46. The molecule has 0 saturated heterocycles. The molecule has 0 radical (unpaired) electrons. The molecule has 4 aliphatic rings. The van der Waals surface area contributed by atoms with Gasteiger partial charge in [0.05, 0.1) is 37.6 Å². The van der Waals surface area contributed by atoms with E-state index in [2.05, 4.69) is 47.8 Å². The SMILES string of the molecule is C=C(COC)C(=O)OCC(COC(=O)C(=C)COC)[C@H]1CC[C@@]2(C)C(CCC3C2CC[C@@]2(C)C3CC[C@@H]2[C@H](C)CCCC(C)C)C1. The highest BCUT2D eigenvalue weighted by molar-refractivity contribution is 5.88. The van der Waals surface area contributed by atoms with Crippen LogP contribution in [-0.2, 0) is 28.5 Å². The van der Waals surface area contributed by atoms with Crippen molar-refractivity contribution in [3.05, 3.63) is 24.3 Å². The van der Waals surface area contributed by atoms with E-state index in [0.29, 0.717) is 33.8 Å². The molecule has 0 aromatic heterocycles. The first-order chi connectivity index (χ1) is 21.8. The van der Waals surface area contributed by atoms with Gasteiger partial charge in [-0.05, 0) is 116 Å². The predicted molar refractivity (Wildman–Crippen MR) is 184 cm³/mol. The molecule has 9 atom stereocenters. The Bertz CT molecular complexity index is 1030. The number of methoxy groups -OCH3 is 2. The molecule has 4 fully saturated rings. The third-order valence-corrected chi connectivity index (χ3v) is 13.6. The van der Waals surface area contributed by atoms with E-state index in [1.165, 1.54) is 78.4 Å². The van der Waals surface area contributed by atoms with Gasteiger partial charge in [0.25, 0.3) is 0 Å². The van der Waals surface area contributed by atoms with Crippen molar-refractivity contribution in [3.63, 3.8) is 0 Å². The minimum absolute atomic E-state index is 0.0664. The van der Waals surface area contributed by atoms with Crippen molar-refractivity contribution in [2.75, 3.05) is 40.6 Å². The molecular formula is C40H66O6. The van der Waals surface area contributed by atoms with Gasteiger partial charge in [0, 0.05) is 20.1 Å². The van der Waals surface area contributed by atoms with Gasteiger partial charge >= 0.3 is 11.9 Å². The summed E-state index contributed by atoms with van der Waals surface area (Å²) in [7, 11) is 3.07. The van der Waals surface area contributed by atoms with Gasteiger partial charge in [0.1, 0.15) is 0 Å². The largest absolute Gasteiger partial charge is 0.462 e. The van der Waals surface area contributed by atoms with Gasteiger partial charge in [-0.2, -0.15) is 0 Å². The van der Waals surface area contributed by atoms with Crippen molar-refractivity contribution >= 4 is 11.9 Å². The summed E-state index contributed by atoms with van der Waals surface area (Å²) in [6.07, 6.45) is 15.8. The molecule has 4 saturated carbocycles. The zero-order chi connectivity index (χ0) is 33.6. The Labute approximate surface area is 280 Å². The number of hydrogen-bond donors (Lipinski definition) is 0. The normalized spacial score (nSPS) is 34.4. The maximum atomic E-state index is 12.6. The fourth-order valence-corrected chi connectivity index (χ4v) is 11.1. The van der Waals surface area contributed by atoms with Crippen molar-refractivity contribution < 1.29 is 28.5 Å². The van der Waals surface area contributed by atoms with E-state index in [9.17, 15) is 9.59 Å². The van der Waals surface area contributed by atoms with Crippen molar-refractivity contribution in [2.24, 2.45) is 64.1 Å². The quantitative estimate of drug-likeness (QED) is 0.124. The summed E-state index contributed by atoms with van der Waals surface area (Å²) in [5.74, 6) is 5.11. The summed E-state index contributed by atoms with van der Waals surface area (Å²) >= 11 is 0. The lowest BCUT2D eigenvalue weighted by Crippen LogP contribution is -2.54. The van der Waals surface area contributed by atoms with Gasteiger partial charge < -0.3 is 18.9 Å². The van der Waals surface area contributed by atoms with Gasteiger partial charge in [-0.1, -0.05) is 67.0 Å². The molecule has 4 unspecified atom stereocenters. The fraction of sp³-hybridized carbons (Fsp3) is 0.850. The van der Waals surface area contributed by atoms with Gasteiger partial charge in [0.15, 0.2) is 0 Å². The van der Waals surface area contributed by atoms with Crippen LogP contribution in [0.3, 0.4) is 0 Å². The zero-order valence-corrected chi connectivity index (χ0v) is 30.4. The zero-order valence-electron chi connectivity index (χ0n) is 30.4. The standard InChI is InChI=1S/C40H66O6/c1-26(2)11-10-12-27(3)34-15-16-35-33-14-13-32-21-30(17-19-39(32,6)36(33)18-20-40(34,35)7)31(24-45-37(41)28(4)22-43-8)25-46-38(42)29(5)23-44-9/h26-27,30-36H,4-5,10-25H2,1-3,6-9H3/t27-,30+,32?,33?,34-,35?,36?,39+,40-/m1/s1. The minimum atomic E-state index is -0.447. The van der Waals surface area contributed by atoms with Gasteiger partial charge in [-0.3, -0.25) is 0 Å². The van der Waals surface area contributed by atoms with Crippen molar-refractivity contribution in [3.8, 4) is 0 Å². The Balaban J connectivity index is 1.42. The molecule has 0 spiro atoms. The number of fused-ring (bicyclic) bond motifs is 5. The lowest BCUT2D eigenvalue weighted by atomic mass is 9.43. The number of hydrogen-bond acceptors (Lipinski definition) is 6. The van der Waals surface area contributed by atoms with Gasteiger partial charge in [-0.25, -0.2) is 9.59 Å². The van der Waals surface area contributed by atoms with Crippen LogP contribution in [0.4, 0.5) is 0 Å². The number of ether oxygens (including phenoxy) is 4. The molecule has 6 nitrogen and oxygen atoms in total. The Hall–Kier alpha value is -1.66. The minimum Gasteiger partial charge on any atom is -0.462 e. The molecule has 0 bridgehead atoms. The predicted octanol–water partition coefficient (Wildman–Crippen LogP) is 8.83. The summed E-state index contributed by atoms with van der Waals surface area (Å²) in [4.78, 5) is 25.2. The number of carbonyl (C=O) groups is 2. The van der Waals surface area contributed by atoms with E-state index in [0.717, 1.165) is 48.3 Å². The molecule has 4 aliphatic carbocycles. The Kier molecular flexibility index (Phi) is 13.1. The summed E-state index contributed by atoms with van der Waals surface area (Å²) < 4.78 is 21.6. The molecule has 6 heteroatoms. The highest BCUT2D eigenvalue weighted by atomic mass is 16.6. The smallest absolute Gasteiger partial charge is 0.335 e. The summed E-state index contributed by atoms with van der Waals surface area (Å²) in [6.45, 7) is 20.9. The highest BCUT2D eigenvalue weighted by Gasteiger charge is 2.60. The monoisotopic (exact) mass is 642 g/mol. The van der Waals surface area contributed by atoms with Crippen molar-refractivity contribution in [1.29, 1.82) is 0 Å². The molecule has 4 rings (SSSR count). The summed E-state index contributed by atoms with van der Waals surface area (Å²) in [6, 6.07) is 0. The van der Waals surface area contributed by atoms with Crippen LogP contribution < -0.4 is 0 Å². The maximum absolute atomic E-state index is 12.6. The highest BCUT2D eigenvalue weighted by Crippen LogP contribution is 2.69. The molecule has 0 aliphatic heterocycles. The fourth-order valence-electron chi connectivity index (χ4n) is 11.1. The van der Waals surface area contributed by atoms with Gasteiger partial charge in [0.2, 0.25) is 0 Å². The van der Waals surface area contributed by atoms with E-state index in [1.54, 1.807) is 0 Å². The van der Waals surface area contributed by atoms with Crippen LogP contribution in [0.15, 0.2) is 24.3 Å². The molecular weight excluding hydrogens is 576 g/mol. The van der Waals surface area contributed by atoms with E-state index in [-0.39, 0.29) is 32.3 Å². The number of rotatable bonds is 16. The summed E-state index contributed by atoms with van der Waals surface area (Å²) in [5, 5.41) is 0. The topological polar surface area (TPSA) is 71.1 Å². The van der Waals surface area contributed by atoms with E-state index in [1.807, 2.05) is 0 Å². The Morgan fingerprint density at radius 2 is 1.35 bits per heavy atom. The van der Waals surface area contributed by atoms with Gasteiger partial charge in [-0.15, -0.1) is 0 Å². The van der Waals surface area contributed by atoms with Crippen LogP contribution >= 0.6 is 0 Å². The van der Waals surface area contributed by atoms with Crippen LogP contribution in [-0.4, -0.2) is 52.6 Å². The second-order valence-corrected chi connectivity index (χ2v) is 16.8. The van der Waals surface area contributed by atoms with Crippen LogP contribution in [0, 0.1) is 64.1 Å². The van der Waals surface area contributed by atoms with E-state index < -0.39 is 11.9 Å². The number of carbonyl (C=O) groups excluding carboxylic acids is 2. The molecule has 0 amide bonds. The second-order valence-electron chi connectivity index (χ2n) is 16.8. The molecule has 262 valence electrons. The third-order valence-electron chi connectivity index (χ3n) is 13.6. The Morgan fingerprint density at radius 1 is 0.761 bits per heavy atom. The van der Waals surface area contributed by atoms with Crippen LogP contribution in [0.25, 0.3) is 0 Å². The number of esters is 2. The van der Waals surface area contributed by atoms with Crippen LogP contribution in [0.1, 0.15) is 112 Å². The molecule has 0 aromatic rings. The molecule has 0 N–H and O–H groups in total. The van der Waals surface area contributed by atoms with Crippen LogP contribution in [0.5, 0.6) is 0 Å². The van der Waals surface area contributed by atoms with E-state index in [4.69, 9.17) is 18.9 Å². The lowest BCUT2D eigenvalue weighted by Gasteiger charge is -2.61. The first-order valence-electron chi connectivity index (χ1n) is 18.5. The van der Waals surface area contributed by atoms with Crippen LogP contribution in [0.2, 0.25) is 0 Å². The second kappa shape index (κ2) is 16.2. The molecule has 0 aromatic carbocycles. The first-order valence-corrected chi connectivity index (χ1v) is 18.5. The Morgan fingerprint density at radius 3 is 1.93 bits per heavy atom. The molecule has 46 heavy (non-hydrogen) atoms.